The van der Waals surface area contributed by atoms with E-state index in [2.05, 4.69) is 20.6 Å². The molecule has 0 saturated carbocycles. The van der Waals surface area contributed by atoms with Gasteiger partial charge in [-0.25, -0.2) is 9.97 Å². The summed E-state index contributed by atoms with van der Waals surface area (Å²) in [4.78, 5) is 9.05. The number of hydrogen-bond donors (Lipinski definition) is 2. The summed E-state index contributed by atoms with van der Waals surface area (Å²) in [5, 5.41) is 6.79. The lowest BCUT2D eigenvalue weighted by Crippen LogP contribution is -2.29. The zero-order chi connectivity index (χ0) is 13.1. The van der Waals surface area contributed by atoms with E-state index < -0.39 is 0 Å². The van der Waals surface area contributed by atoms with Gasteiger partial charge in [0.15, 0.2) is 5.82 Å². The van der Waals surface area contributed by atoms with Crippen LogP contribution in [0.2, 0.25) is 0 Å². The largest absolute Gasteiger partial charge is 0.478 e. The number of benzene rings is 1. The Morgan fingerprint density at radius 3 is 2.79 bits per heavy atom. The second kappa shape index (κ2) is 5.40. The number of methoxy groups -OCH3 is 1. The number of rotatable bonds is 4. The smallest absolute Gasteiger partial charge is 0.257 e. The minimum atomic E-state index is 0.512. The average molecular weight is 258 g/mol. The van der Waals surface area contributed by atoms with Gasteiger partial charge in [-0.15, -0.1) is 0 Å². The van der Waals surface area contributed by atoms with Crippen LogP contribution in [-0.2, 0) is 0 Å². The fraction of sp³-hybridized carbons (Fsp3) is 0.429. The van der Waals surface area contributed by atoms with Crippen LogP contribution in [-0.4, -0.2) is 36.2 Å². The highest BCUT2D eigenvalue weighted by Crippen LogP contribution is 2.23. The molecule has 3 rings (SSSR count). The van der Waals surface area contributed by atoms with Gasteiger partial charge in [-0.3, -0.25) is 0 Å². The van der Waals surface area contributed by atoms with E-state index in [9.17, 15) is 0 Å². The van der Waals surface area contributed by atoms with E-state index in [1.165, 1.54) is 12.8 Å². The van der Waals surface area contributed by atoms with Gasteiger partial charge in [0.05, 0.1) is 18.1 Å². The standard InChI is InChI=1S/C14H18N4O/c1-19-14-13(16-9-10-5-4-8-15-10)17-11-6-2-3-7-12(11)18-14/h2-3,6-7,10,15H,4-5,8-9H2,1H3,(H,16,17). The van der Waals surface area contributed by atoms with Gasteiger partial charge in [0.2, 0.25) is 0 Å². The maximum atomic E-state index is 5.31. The van der Waals surface area contributed by atoms with Crippen LogP contribution in [0.3, 0.4) is 0 Å². The number of nitrogens with one attached hydrogen (secondary N) is 2. The molecule has 1 atom stereocenters. The van der Waals surface area contributed by atoms with Gasteiger partial charge < -0.3 is 15.4 Å². The third kappa shape index (κ3) is 2.61. The summed E-state index contributed by atoms with van der Waals surface area (Å²) < 4.78 is 5.31. The van der Waals surface area contributed by atoms with Crippen LogP contribution in [0.4, 0.5) is 5.82 Å². The maximum absolute atomic E-state index is 5.31. The van der Waals surface area contributed by atoms with E-state index in [4.69, 9.17) is 4.74 Å². The maximum Gasteiger partial charge on any atom is 0.257 e. The molecule has 0 spiro atoms. The summed E-state index contributed by atoms with van der Waals surface area (Å²) >= 11 is 0. The molecule has 0 amide bonds. The summed E-state index contributed by atoms with van der Waals surface area (Å²) in [6.45, 7) is 1.95. The molecule has 2 aromatic rings. The lowest BCUT2D eigenvalue weighted by molar-refractivity contribution is 0.399. The number of fused-ring (bicyclic) bond motifs is 1. The van der Waals surface area contributed by atoms with Crippen LogP contribution in [0.1, 0.15) is 12.8 Å². The molecule has 1 aliphatic rings. The van der Waals surface area contributed by atoms with Gasteiger partial charge in [0, 0.05) is 12.6 Å². The summed E-state index contributed by atoms with van der Waals surface area (Å²) in [5.41, 5.74) is 1.73. The topological polar surface area (TPSA) is 59.1 Å². The first-order valence-electron chi connectivity index (χ1n) is 6.65. The molecule has 0 aliphatic carbocycles. The van der Waals surface area contributed by atoms with Gasteiger partial charge in [-0.05, 0) is 31.5 Å². The highest BCUT2D eigenvalue weighted by Gasteiger charge is 2.15. The highest BCUT2D eigenvalue weighted by atomic mass is 16.5. The zero-order valence-corrected chi connectivity index (χ0v) is 11.0. The Bertz CT molecular complexity index is 566. The molecule has 1 aromatic carbocycles. The fourth-order valence-corrected chi connectivity index (χ4v) is 2.39. The minimum Gasteiger partial charge on any atom is -0.478 e. The number of anilines is 1. The molecule has 1 aliphatic heterocycles. The molecule has 0 radical (unpaired) electrons. The van der Waals surface area contributed by atoms with E-state index in [0.717, 1.165) is 29.9 Å². The number of ether oxygens (including phenoxy) is 1. The Morgan fingerprint density at radius 2 is 2.11 bits per heavy atom. The fourth-order valence-electron chi connectivity index (χ4n) is 2.39. The van der Waals surface area contributed by atoms with Crippen LogP contribution in [0.25, 0.3) is 11.0 Å². The third-order valence-electron chi connectivity index (χ3n) is 3.41. The lowest BCUT2D eigenvalue weighted by Gasteiger charge is -2.14. The van der Waals surface area contributed by atoms with Gasteiger partial charge >= 0.3 is 0 Å². The Morgan fingerprint density at radius 1 is 1.32 bits per heavy atom. The van der Waals surface area contributed by atoms with Crippen molar-refractivity contribution in [1.82, 2.24) is 15.3 Å². The van der Waals surface area contributed by atoms with Crippen LogP contribution in [0.5, 0.6) is 5.88 Å². The molecule has 2 heterocycles. The molecular weight excluding hydrogens is 240 g/mol. The molecule has 1 saturated heterocycles. The molecule has 1 fully saturated rings. The second-order valence-electron chi connectivity index (χ2n) is 4.74. The van der Waals surface area contributed by atoms with Crippen LogP contribution in [0, 0.1) is 0 Å². The summed E-state index contributed by atoms with van der Waals surface area (Å²) in [6, 6.07) is 8.32. The van der Waals surface area contributed by atoms with Gasteiger partial charge in [-0.2, -0.15) is 0 Å². The third-order valence-corrected chi connectivity index (χ3v) is 3.41. The Kier molecular flexibility index (Phi) is 3.46. The minimum absolute atomic E-state index is 0.512. The molecule has 0 bridgehead atoms. The number of nitrogens with zero attached hydrogens (tertiary/aromatic N) is 2. The van der Waals surface area contributed by atoms with Crippen molar-refractivity contribution in [2.75, 3.05) is 25.5 Å². The van der Waals surface area contributed by atoms with Crippen molar-refractivity contribution < 1.29 is 4.74 Å². The van der Waals surface area contributed by atoms with Gasteiger partial charge in [-0.1, -0.05) is 12.1 Å². The van der Waals surface area contributed by atoms with Crippen molar-refractivity contribution in [3.8, 4) is 5.88 Å². The second-order valence-corrected chi connectivity index (χ2v) is 4.74. The van der Waals surface area contributed by atoms with E-state index in [-0.39, 0.29) is 0 Å². The van der Waals surface area contributed by atoms with Crippen molar-refractivity contribution in [3.63, 3.8) is 0 Å². The van der Waals surface area contributed by atoms with Crippen molar-refractivity contribution in [2.24, 2.45) is 0 Å². The van der Waals surface area contributed by atoms with Gasteiger partial charge in [0.1, 0.15) is 0 Å². The van der Waals surface area contributed by atoms with E-state index >= 15 is 0 Å². The number of para-hydroxylation sites is 2. The lowest BCUT2D eigenvalue weighted by atomic mass is 10.2. The first kappa shape index (κ1) is 12.2. The summed E-state index contributed by atoms with van der Waals surface area (Å²) in [6.07, 6.45) is 2.45. The average Bonchev–Trinajstić information content (AvgIpc) is 2.97. The summed E-state index contributed by atoms with van der Waals surface area (Å²) in [5.74, 6) is 1.27. The molecule has 2 N–H and O–H groups in total. The molecule has 5 nitrogen and oxygen atoms in total. The predicted molar refractivity (Wildman–Crippen MR) is 75.6 cm³/mol. The SMILES string of the molecule is COc1nc2ccccc2nc1NCC1CCCN1. The van der Waals surface area contributed by atoms with Crippen LogP contribution in [0.15, 0.2) is 24.3 Å². The van der Waals surface area contributed by atoms with Crippen molar-refractivity contribution in [3.05, 3.63) is 24.3 Å². The van der Waals surface area contributed by atoms with Crippen LogP contribution >= 0.6 is 0 Å². The predicted octanol–water partition coefficient (Wildman–Crippen LogP) is 1.80. The molecule has 1 unspecified atom stereocenters. The monoisotopic (exact) mass is 258 g/mol. The van der Waals surface area contributed by atoms with E-state index in [1.54, 1.807) is 7.11 Å². The molecule has 19 heavy (non-hydrogen) atoms. The first-order chi connectivity index (χ1) is 9.36. The van der Waals surface area contributed by atoms with Gasteiger partial charge in [0.25, 0.3) is 5.88 Å². The Hall–Kier alpha value is -1.88. The van der Waals surface area contributed by atoms with E-state index in [1.807, 2.05) is 24.3 Å². The van der Waals surface area contributed by atoms with E-state index in [0.29, 0.717) is 11.9 Å². The molecule has 1 aromatic heterocycles. The van der Waals surface area contributed by atoms with Crippen molar-refractivity contribution in [1.29, 1.82) is 0 Å². The Labute approximate surface area is 112 Å². The Balaban J connectivity index is 1.83. The zero-order valence-electron chi connectivity index (χ0n) is 11.0. The highest BCUT2D eigenvalue weighted by molar-refractivity contribution is 5.77. The summed E-state index contributed by atoms with van der Waals surface area (Å²) in [7, 11) is 1.62. The molecule has 100 valence electrons. The van der Waals surface area contributed by atoms with Crippen molar-refractivity contribution in [2.45, 2.75) is 18.9 Å². The van der Waals surface area contributed by atoms with Crippen molar-refractivity contribution >= 4 is 16.9 Å². The molecular formula is C14H18N4O. The van der Waals surface area contributed by atoms with Crippen LogP contribution < -0.4 is 15.4 Å². The normalized spacial score (nSPS) is 18.7. The number of aromatic nitrogens is 2. The number of hydrogen-bond acceptors (Lipinski definition) is 5. The molecule has 5 heteroatoms. The quantitative estimate of drug-likeness (QED) is 0.875. The first-order valence-corrected chi connectivity index (χ1v) is 6.65.